The predicted molar refractivity (Wildman–Crippen MR) is 42.8 cm³/mol. The molecule has 0 aromatic rings. The SMILES string of the molecule is CCCC(C)C1(O)CC1C. The van der Waals surface area contributed by atoms with E-state index in [1.807, 2.05) is 0 Å². The van der Waals surface area contributed by atoms with Crippen molar-refractivity contribution in [2.45, 2.75) is 45.6 Å². The van der Waals surface area contributed by atoms with Crippen molar-refractivity contribution in [3.8, 4) is 0 Å². The van der Waals surface area contributed by atoms with Gasteiger partial charge in [-0.3, -0.25) is 0 Å². The summed E-state index contributed by atoms with van der Waals surface area (Å²) in [5, 5.41) is 9.80. The molecule has 0 saturated heterocycles. The fourth-order valence-electron chi connectivity index (χ4n) is 1.80. The molecule has 10 heavy (non-hydrogen) atoms. The maximum atomic E-state index is 9.80. The van der Waals surface area contributed by atoms with Crippen molar-refractivity contribution in [3.63, 3.8) is 0 Å². The molecular formula is C9H18O. The second-order valence-corrected chi connectivity index (χ2v) is 3.79. The third-order valence-electron chi connectivity index (χ3n) is 2.90. The van der Waals surface area contributed by atoms with Gasteiger partial charge in [-0.1, -0.05) is 27.2 Å². The quantitative estimate of drug-likeness (QED) is 0.640. The number of rotatable bonds is 3. The van der Waals surface area contributed by atoms with Crippen LogP contribution in [-0.4, -0.2) is 10.7 Å². The Hall–Kier alpha value is -0.0400. The maximum absolute atomic E-state index is 9.80. The van der Waals surface area contributed by atoms with E-state index in [1.54, 1.807) is 0 Å². The normalized spacial score (nSPS) is 41.4. The fraction of sp³-hybridized carbons (Fsp3) is 1.00. The molecule has 1 saturated carbocycles. The zero-order valence-electron chi connectivity index (χ0n) is 7.22. The average molecular weight is 142 g/mol. The predicted octanol–water partition coefficient (Wildman–Crippen LogP) is 2.19. The zero-order chi connectivity index (χ0) is 7.78. The standard InChI is InChI=1S/C9H18O/c1-4-5-7(2)9(10)6-8(9)3/h7-8,10H,4-6H2,1-3H3. The van der Waals surface area contributed by atoms with Crippen LogP contribution >= 0.6 is 0 Å². The van der Waals surface area contributed by atoms with E-state index in [-0.39, 0.29) is 5.60 Å². The summed E-state index contributed by atoms with van der Waals surface area (Å²) in [6.07, 6.45) is 3.38. The van der Waals surface area contributed by atoms with Gasteiger partial charge in [0.05, 0.1) is 5.60 Å². The molecule has 1 nitrogen and oxygen atoms in total. The van der Waals surface area contributed by atoms with Crippen molar-refractivity contribution < 1.29 is 5.11 Å². The Balaban J connectivity index is 2.34. The molecular weight excluding hydrogens is 124 g/mol. The summed E-state index contributed by atoms with van der Waals surface area (Å²) in [5.41, 5.74) is -0.282. The van der Waals surface area contributed by atoms with Crippen molar-refractivity contribution >= 4 is 0 Å². The Kier molecular flexibility index (Phi) is 2.04. The van der Waals surface area contributed by atoms with E-state index in [9.17, 15) is 5.11 Å². The Morgan fingerprint density at radius 1 is 1.70 bits per heavy atom. The summed E-state index contributed by atoms with van der Waals surface area (Å²) in [4.78, 5) is 0. The van der Waals surface area contributed by atoms with Crippen LogP contribution in [0.1, 0.15) is 40.0 Å². The van der Waals surface area contributed by atoms with Gasteiger partial charge < -0.3 is 5.11 Å². The Bertz CT molecular complexity index is 122. The molecule has 1 rings (SSSR count). The van der Waals surface area contributed by atoms with Crippen molar-refractivity contribution in [2.24, 2.45) is 11.8 Å². The van der Waals surface area contributed by atoms with Gasteiger partial charge in [-0.15, -0.1) is 0 Å². The molecule has 1 heteroatoms. The first-order valence-corrected chi connectivity index (χ1v) is 4.33. The van der Waals surface area contributed by atoms with Crippen LogP contribution in [0.3, 0.4) is 0 Å². The number of hydrogen-bond donors (Lipinski definition) is 1. The van der Waals surface area contributed by atoms with E-state index in [0.29, 0.717) is 11.8 Å². The molecule has 1 aliphatic carbocycles. The molecule has 0 heterocycles. The molecule has 0 radical (unpaired) electrons. The van der Waals surface area contributed by atoms with Gasteiger partial charge in [0, 0.05) is 0 Å². The third kappa shape index (κ3) is 1.20. The highest BCUT2D eigenvalue weighted by Crippen LogP contribution is 2.49. The summed E-state index contributed by atoms with van der Waals surface area (Å²) < 4.78 is 0. The van der Waals surface area contributed by atoms with Gasteiger partial charge in [0.15, 0.2) is 0 Å². The van der Waals surface area contributed by atoms with Crippen molar-refractivity contribution in [3.05, 3.63) is 0 Å². The lowest BCUT2D eigenvalue weighted by atomic mass is 9.96. The van der Waals surface area contributed by atoms with Gasteiger partial charge >= 0.3 is 0 Å². The lowest BCUT2D eigenvalue weighted by molar-refractivity contribution is 0.0715. The average Bonchev–Trinajstić information content (AvgIpc) is 2.43. The Morgan fingerprint density at radius 3 is 2.50 bits per heavy atom. The highest BCUT2D eigenvalue weighted by Gasteiger charge is 2.52. The molecule has 0 amide bonds. The first-order valence-electron chi connectivity index (χ1n) is 4.33. The largest absolute Gasteiger partial charge is 0.389 e. The lowest BCUT2D eigenvalue weighted by Gasteiger charge is -2.17. The van der Waals surface area contributed by atoms with Crippen LogP contribution in [0.25, 0.3) is 0 Å². The Morgan fingerprint density at radius 2 is 2.20 bits per heavy atom. The van der Waals surface area contributed by atoms with E-state index in [0.717, 1.165) is 6.42 Å². The van der Waals surface area contributed by atoms with Crippen LogP contribution < -0.4 is 0 Å². The van der Waals surface area contributed by atoms with Crippen LogP contribution in [0.2, 0.25) is 0 Å². The van der Waals surface area contributed by atoms with Crippen LogP contribution in [0.4, 0.5) is 0 Å². The van der Waals surface area contributed by atoms with Crippen LogP contribution in [0.5, 0.6) is 0 Å². The monoisotopic (exact) mass is 142 g/mol. The van der Waals surface area contributed by atoms with Crippen LogP contribution in [0, 0.1) is 11.8 Å². The third-order valence-corrected chi connectivity index (χ3v) is 2.90. The number of aliphatic hydroxyl groups is 1. The minimum absolute atomic E-state index is 0.282. The van der Waals surface area contributed by atoms with Crippen molar-refractivity contribution in [1.29, 1.82) is 0 Å². The van der Waals surface area contributed by atoms with E-state index in [2.05, 4.69) is 20.8 Å². The Labute approximate surface area is 63.4 Å². The molecule has 0 bridgehead atoms. The smallest absolute Gasteiger partial charge is 0.0703 e. The van der Waals surface area contributed by atoms with Gasteiger partial charge in [0.1, 0.15) is 0 Å². The molecule has 0 aromatic heterocycles. The van der Waals surface area contributed by atoms with Crippen molar-refractivity contribution in [2.75, 3.05) is 0 Å². The van der Waals surface area contributed by atoms with Crippen molar-refractivity contribution in [1.82, 2.24) is 0 Å². The van der Waals surface area contributed by atoms with Gasteiger partial charge in [0.2, 0.25) is 0 Å². The van der Waals surface area contributed by atoms with Gasteiger partial charge in [-0.05, 0) is 24.7 Å². The van der Waals surface area contributed by atoms with E-state index in [1.165, 1.54) is 12.8 Å². The summed E-state index contributed by atoms with van der Waals surface area (Å²) in [5.74, 6) is 1.06. The first kappa shape index (κ1) is 8.06. The summed E-state index contributed by atoms with van der Waals surface area (Å²) in [6.45, 7) is 6.46. The second kappa shape index (κ2) is 2.54. The molecule has 0 aromatic carbocycles. The molecule has 60 valence electrons. The molecule has 3 atom stereocenters. The van der Waals surface area contributed by atoms with Gasteiger partial charge in [-0.2, -0.15) is 0 Å². The lowest BCUT2D eigenvalue weighted by Crippen LogP contribution is -2.20. The highest BCUT2D eigenvalue weighted by molar-refractivity contribution is 5.03. The summed E-state index contributed by atoms with van der Waals surface area (Å²) in [7, 11) is 0. The minimum atomic E-state index is -0.282. The summed E-state index contributed by atoms with van der Waals surface area (Å²) >= 11 is 0. The molecule has 1 fully saturated rings. The second-order valence-electron chi connectivity index (χ2n) is 3.79. The zero-order valence-corrected chi connectivity index (χ0v) is 7.22. The van der Waals surface area contributed by atoms with Gasteiger partial charge in [0.25, 0.3) is 0 Å². The topological polar surface area (TPSA) is 20.2 Å². The summed E-state index contributed by atoms with van der Waals surface area (Å²) in [6, 6.07) is 0. The minimum Gasteiger partial charge on any atom is -0.389 e. The van der Waals surface area contributed by atoms with Crippen LogP contribution in [0.15, 0.2) is 0 Å². The van der Waals surface area contributed by atoms with E-state index >= 15 is 0 Å². The van der Waals surface area contributed by atoms with Crippen LogP contribution in [-0.2, 0) is 0 Å². The van der Waals surface area contributed by atoms with Gasteiger partial charge in [-0.25, -0.2) is 0 Å². The number of hydrogen-bond acceptors (Lipinski definition) is 1. The van der Waals surface area contributed by atoms with E-state index in [4.69, 9.17) is 0 Å². The first-order chi connectivity index (χ1) is 4.61. The molecule has 1 N–H and O–H groups in total. The molecule has 3 unspecified atom stereocenters. The molecule has 1 aliphatic rings. The molecule has 0 spiro atoms. The molecule has 0 aliphatic heterocycles. The maximum Gasteiger partial charge on any atom is 0.0703 e. The highest BCUT2D eigenvalue weighted by atomic mass is 16.3. The fourth-order valence-corrected chi connectivity index (χ4v) is 1.80. The van der Waals surface area contributed by atoms with E-state index < -0.39 is 0 Å².